The molecule has 1 aromatic carbocycles. The van der Waals surface area contributed by atoms with Gasteiger partial charge in [0.2, 0.25) is 11.9 Å². The molecule has 3 aromatic rings. The van der Waals surface area contributed by atoms with E-state index in [1.807, 2.05) is 0 Å². The fourth-order valence-corrected chi connectivity index (χ4v) is 3.29. The molecule has 0 radical (unpaired) electrons. The Kier molecular flexibility index (Phi) is 5.76. The molecule has 1 amide bonds. The van der Waals surface area contributed by atoms with E-state index in [-0.39, 0.29) is 27.3 Å². The monoisotopic (exact) mass is 432 g/mol. The molecule has 3 rings (SSSR count). The molecule has 0 saturated heterocycles. The SMILES string of the molecule is CN(C)c1nc(NC(=O)c2ccc(S(C)(=O)=O)cc2Cl)nc(-c2ccccn2)n1. The lowest BCUT2D eigenvalue weighted by atomic mass is 10.2. The van der Waals surface area contributed by atoms with E-state index >= 15 is 0 Å². The summed E-state index contributed by atoms with van der Waals surface area (Å²) in [6, 6.07) is 9.17. The number of amides is 1. The number of nitrogens with zero attached hydrogens (tertiary/aromatic N) is 5. The first-order chi connectivity index (χ1) is 13.6. The third-order valence-electron chi connectivity index (χ3n) is 3.76. The predicted molar refractivity (Wildman–Crippen MR) is 110 cm³/mol. The summed E-state index contributed by atoms with van der Waals surface area (Å²) in [4.78, 5) is 31.4. The lowest BCUT2D eigenvalue weighted by Gasteiger charge is -2.13. The fraction of sp³-hybridized carbons (Fsp3) is 0.167. The van der Waals surface area contributed by atoms with E-state index in [1.54, 1.807) is 43.4 Å². The molecule has 1 N–H and O–H groups in total. The van der Waals surface area contributed by atoms with E-state index in [2.05, 4.69) is 25.3 Å². The van der Waals surface area contributed by atoms with Crippen molar-refractivity contribution in [1.29, 1.82) is 0 Å². The second-order valence-electron chi connectivity index (χ2n) is 6.26. The summed E-state index contributed by atoms with van der Waals surface area (Å²) in [6.45, 7) is 0. The van der Waals surface area contributed by atoms with Crippen molar-refractivity contribution in [2.45, 2.75) is 4.90 Å². The van der Waals surface area contributed by atoms with Gasteiger partial charge in [0, 0.05) is 26.5 Å². The predicted octanol–water partition coefficient (Wildman–Crippen LogP) is 2.31. The number of hydrogen-bond donors (Lipinski definition) is 1. The third kappa shape index (κ3) is 4.84. The van der Waals surface area contributed by atoms with Gasteiger partial charge in [0.1, 0.15) is 5.69 Å². The molecule has 2 aromatic heterocycles. The number of halogens is 1. The van der Waals surface area contributed by atoms with Crippen molar-refractivity contribution in [3.8, 4) is 11.5 Å². The maximum absolute atomic E-state index is 12.7. The third-order valence-corrected chi connectivity index (χ3v) is 5.18. The number of rotatable bonds is 5. The number of sulfone groups is 1. The van der Waals surface area contributed by atoms with E-state index in [0.29, 0.717) is 11.6 Å². The van der Waals surface area contributed by atoms with Crippen LogP contribution in [0.15, 0.2) is 47.5 Å². The lowest BCUT2D eigenvalue weighted by Crippen LogP contribution is -2.19. The summed E-state index contributed by atoms with van der Waals surface area (Å²) in [6.07, 6.45) is 2.67. The van der Waals surface area contributed by atoms with Crippen molar-refractivity contribution in [3.05, 3.63) is 53.2 Å². The Morgan fingerprint density at radius 1 is 1.10 bits per heavy atom. The van der Waals surface area contributed by atoms with Gasteiger partial charge in [-0.25, -0.2) is 8.42 Å². The summed E-state index contributed by atoms with van der Waals surface area (Å²) >= 11 is 6.11. The zero-order chi connectivity index (χ0) is 21.2. The van der Waals surface area contributed by atoms with Crippen molar-refractivity contribution in [2.75, 3.05) is 30.6 Å². The fourth-order valence-electron chi connectivity index (χ4n) is 2.31. The summed E-state index contributed by atoms with van der Waals surface area (Å²) in [7, 11) is 0.0681. The maximum atomic E-state index is 12.7. The van der Waals surface area contributed by atoms with Crippen molar-refractivity contribution < 1.29 is 13.2 Å². The number of carbonyl (C=O) groups excluding carboxylic acids is 1. The van der Waals surface area contributed by atoms with Gasteiger partial charge in [-0.15, -0.1) is 0 Å². The molecule has 2 heterocycles. The van der Waals surface area contributed by atoms with Gasteiger partial charge in [-0.1, -0.05) is 17.7 Å². The Labute approximate surface area is 172 Å². The smallest absolute Gasteiger partial charge is 0.259 e. The molecule has 150 valence electrons. The largest absolute Gasteiger partial charge is 0.347 e. The number of carbonyl (C=O) groups is 1. The number of pyridine rings is 1. The van der Waals surface area contributed by atoms with E-state index in [0.717, 1.165) is 6.26 Å². The highest BCUT2D eigenvalue weighted by Gasteiger charge is 2.17. The average molecular weight is 433 g/mol. The second-order valence-corrected chi connectivity index (χ2v) is 8.68. The Hall–Kier alpha value is -3.11. The Morgan fingerprint density at radius 2 is 1.86 bits per heavy atom. The van der Waals surface area contributed by atoms with Gasteiger partial charge < -0.3 is 4.90 Å². The van der Waals surface area contributed by atoms with Crippen LogP contribution in [0.25, 0.3) is 11.5 Å². The summed E-state index contributed by atoms with van der Waals surface area (Å²) in [5.41, 5.74) is 0.606. The van der Waals surface area contributed by atoms with Gasteiger partial charge in [-0.05, 0) is 30.3 Å². The van der Waals surface area contributed by atoms with E-state index in [4.69, 9.17) is 11.6 Å². The van der Waals surface area contributed by atoms with Gasteiger partial charge in [-0.2, -0.15) is 15.0 Å². The molecule has 29 heavy (non-hydrogen) atoms. The van der Waals surface area contributed by atoms with E-state index in [1.165, 1.54) is 18.2 Å². The van der Waals surface area contributed by atoms with Crippen LogP contribution in [-0.4, -0.2) is 54.6 Å². The van der Waals surface area contributed by atoms with Crippen molar-refractivity contribution in [2.24, 2.45) is 0 Å². The number of anilines is 2. The maximum Gasteiger partial charge on any atom is 0.259 e. The van der Waals surface area contributed by atoms with Crippen LogP contribution in [0.1, 0.15) is 10.4 Å². The van der Waals surface area contributed by atoms with Crippen LogP contribution in [0, 0.1) is 0 Å². The molecule has 11 heteroatoms. The zero-order valence-corrected chi connectivity index (χ0v) is 17.4. The van der Waals surface area contributed by atoms with Crippen molar-refractivity contribution in [1.82, 2.24) is 19.9 Å². The molecular weight excluding hydrogens is 416 g/mol. The van der Waals surface area contributed by atoms with Crippen LogP contribution in [-0.2, 0) is 9.84 Å². The topological polar surface area (TPSA) is 118 Å². The minimum atomic E-state index is -3.44. The molecular formula is C18H17ClN6O3S. The standard InChI is InChI=1S/C18H17ClN6O3S/c1-25(2)18-22-15(14-6-4-5-9-20-14)21-17(24-18)23-16(26)12-8-7-11(10-13(12)19)29(3,27)28/h4-10H,1-3H3,(H,21,22,23,24,26). The quantitative estimate of drug-likeness (QED) is 0.652. The molecule has 0 saturated carbocycles. The van der Waals surface area contributed by atoms with E-state index < -0.39 is 15.7 Å². The Balaban J connectivity index is 1.95. The highest BCUT2D eigenvalue weighted by atomic mass is 35.5. The number of nitrogens with one attached hydrogen (secondary N) is 1. The summed E-state index contributed by atoms with van der Waals surface area (Å²) in [5, 5.41) is 2.57. The molecule has 0 aliphatic rings. The first kappa shape index (κ1) is 20.6. The van der Waals surface area contributed by atoms with Gasteiger partial charge >= 0.3 is 0 Å². The zero-order valence-electron chi connectivity index (χ0n) is 15.8. The van der Waals surface area contributed by atoms with Gasteiger partial charge in [0.15, 0.2) is 15.7 Å². The normalized spacial score (nSPS) is 11.2. The van der Waals surface area contributed by atoms with Crippen LogP contribution >= 0.6 is 11.6 Å². The van der Waals surface area contributed by atoms with Crippen LogP contribution < -0.4 is 10.2 Å². The van der Waals surface area contributed by atoms with Crippen molar-refractivity contribution >= 4 is 39.2 Å². The average Bonchev–Trinajstić information content (AvgIpc) is 2.67. The first-order valence-electron chi connectivity index (χ1n) is 8.31. The molecule has 0 atom stereocenters. The summed E-state index contributed by atoms with van der Waals surface area (Å²) in [5.74, 6) is 0.0446. The van der Waals surface area contributed by atoms with Crippen LogP contribution in [0.5, 0.6) is 0 Å². The van der Waals surface area contributed by atoms with Gasteiger partial charge in [0.25, 0.3) is 5.91 Å². The van der Waals surface area contributed by atoms with Gasteiger partial charge in [0.05, 0.1) is 15.5 Å². The molecule has 0 spiro atoms. The highest BCUT2D eigenvalue weighted by Crippen LogP contribution is 2.22. The molecule has 0 unspecified atom stereocenters. The molecule has 0 aliphatic carbocycles. The molecule has 0 aliphatic heterocycles. The van der Waals surface area contributed by atoms with Crippen LogP contribution in [0.3, 0.4) is 0 Å². The Bertz CT molecular complexity index is 1170. The lowest BCUT2D eigenvalue weighted by molar-refractivity contribution is 0.102. The summed E-state index contributed by atoms with van der Waals surface area (Å²) < 4.78 is 23.3. The second kappa shape index (κ2) is 8.10. The molecule has 0 bridgehead atoms. The van der Waals surface area contributed by atoms with Gasteiger partial charge in [-0.3, -0.25) is 15.1 Å². The van der Waals surface area contributed by atoms with E-state index in [9.17, 15) is 13.2 Å². The number of benzene rings is 1. The highest BCUT2D eigenvalue weighted by molar-refractivity contribution is 7.90. The van der Waals surface area contributed by atoms with Crippen LogP contribution in [0.2, 0.25) is 5.02 Å². The molecule has 9 nitrogen and oxygen atoms in total. The number of hydrogen-bond acceptors (Lipinski definition) is 8. The Morgan fingerprint density at radius 3 is 2.45 bits per heavy atom. The number of aromatic nitrogens is 4. The minimum absolute atomic E-state index is 0.00253. The minimum Gasteiger partial charge on any atom is -0.347 e. The van der Waals surface area contributed by atoms with Crippen LogP contribution in [0.4, 0.5) is 11.9 Å². The molecule has 0 fully saturated rings. The van der Waals surface area contributed by atoms with Crippen molar-refractivity contribution in [3.63, 3.8) is 0 Å². The first-order valence-corrected chi connectivity index (χ1v) is 10.6.